The van der Waals surface area contributed by atoms with Gasteiger partial charge in [0.25, 0.3) is 11.8 Å². The molecular weight excluding hydrogens is 514 g/mol. The van der Waals surface area contributed by atoms with Gasteiger partial charge in [0.15, 0.2) is 0 Å². The van der Waals surface area contributed by atoms with Crippen LogP contribution in [0.2, 0.25) is 0 Å². The smallest absolute Gasteiger partial charge is 0.383 e. The Balaban J connectivity index is 1.62. The van der Waals surface area contributed by atoms with E-state index < -0.39 is 42.0 Å². The van der Waals surface area contributed by atoms with Crippen LogP contribution in [-0.4, -0.2) is 54.2 Å². The fourth-order valence-corrected chi connectivity index (χ4v) is 4.32. The van der Waals surface area contributed by atoms with Crippen LogP contribution in [0.1, 0.15) is 45.1 Å². The number of halogens is 4. The van der Waals surface area contributed by atoms with Gasteiger partial charge < -0.3 is 9.64 Å². The molecule has 0 saturated carbocycles. The number of aryl methyl sites for hydroxylation is 1. The van der Waals surface area contributed by atoms with E-state index >= 15 is 0 Å². The molecule has 6 nitrogen and oxygen atoms in total. The number of rotatable bonds is 8. The van der Waals surface area contributed by atoms with Gasteiger partial charge in [-0.2, -0.15) is 18.3 Å². The zero-order chi connectivity index (χ0) is 28.2. The number of benzene rings is 3. The van der Waals surface area contributed by atoms with Gasteiger partial charge in [0.05, 0.1) is 23.9 Å². The molecule has 3 aromatic rings. The van der Waals surface area contributed by atoms with Gasteiger partial charge in [0.2, 0.25) is 0 Å². The fourth-order valence-electron chi connectivity index (χ4n) is 4.32. The first-order chi connectivity index (χ1) is 18.6. The Kier molecular flexibility index (Phi) is 8.44. The lowest BCUT2D eigenvalue weighted by molar-refractivity contribution is -0.137. The second-order valence-electron chi connectivity index (χ2n) is 9.19. The van der Waals surface area contributed by atoms with E-state index in [0.717, 1.165) is 35.4 Å². The van der Waals surface area contributed by atoms with Crippen LogP contribution in [-0.2, 0) is 15.7 Å². The maximum atomic E-state index is 14.6. The number of carbonyl (C=O) groups excluding carboxylic acids is 2. The number of hydrogen-bond donors (Lipinski definition) is 0. The lowest BCUT2D eigenvalue weighted by Gasteiger charge is -2.27. The summed E-state index contributed by atoms with van der Waals surface area (Å²) in [7, 11) is 1.43. The van der Waals surface area contributed by atoms with Crippen LogP contribution in [0.5, 0.6) is 0 Å². The van der Waals surface area contributed by atoms with Crippen molar-refractivity contribution >= 4 is 17.5 Å². The zero-order valence-electron chi connectivity index (χ0n) is 21.4. The third kappa shape index (κ3) is 6.51. The zero-order valence-corrected chi connectivity index (χ0v) is 21.4. The van der Waals surface area contributed by atoms with E-state index in [1.165, 1.54) is 23.1 Å². The van der Waals surface area contributed by atoms with Gasteiger partial charge in [-0.3, -0.25) is 9.59 Å². The van der Waals surface area contributed by atoms with Crippen LogP contribution in [0, 0.1) is 12.7 Å². The number of methoxy groups -OCH3 is 1. The molecule has 0 saturated heterocycles. The number of hydrazone groups is 1. The van der Waals surface area contributed by atoms with Crippen molar-refractivity contribution in [2.45, 2.75) is 25.6 Å². The van der Waals surface area contributed by atoms with Crippen molar-refractivity contribution in [2.24, 2.45) is 5.10 Å². The van der Waals surface area contributed by atoms with Crippen molar-refractivity contribution in [1.29, 1.82) is 0 Å². The van der Waals surface area contributed by atoms with E-state index in [4.69, 9.17) is 4.74 Å². The molecule has 1 aliphatic heterocycles. The Morgan fingerprint density at radius 2 is 1.69 bits per heavy atom. The van der Waals surface area contributed by atoms with Crippen LogP contribution in [0.15, 0.2) is 77.9 Å². The highest BCUT2D eigenvalue weighted by atomic mass is 19.4. The largest absolute Gasteiger partial charge is 0.416 e. The molecule has 1 atom stereocenters. The predicted octanol–water partition coefficient (Wildman–Crippen LogP) is 5.62. The van der Waals surface area contributed by atoms with Crippen LogP contribution in [0.25, 0.3) is 0 Å². The van der Waals surface area contributed by atoms with Crippen molar-refractivity contribution in [3.8, 4) is 0 Å². The average molecular weight is 542 g/mol. The average Bonchev–Trinajstić information content (AvgIpc) is 3.36. The highest BCUT2D eigenvalue weighted by Gasteiger charge is 2.35. The molecule has 0 unspecified atom stereocenters. The molecule has 0 spiro atoms. The maximum absolute atomic E-state index is 14.6. The summed E-state index contributed by atoms with van der Waals surface area (Å²) in [6.45, 7) is 1.66. The minimum absolute atomic E-state index is 0.000966. The summed E-state index contributed by atoms with van der Waals surface area (Å²) in [5.41, 5.74) is 1.61. The van der Waals surface area contributed by atoms with Crippen molar-refractivity contribution in [1.82, 2.24) is 9.91 Å². The van der Waals surface area contributed by atoms with Crippen molar-refractivity contribution in [2.75, 3.05) is 26.8 Å². The quantitative estimate of drug-likeness (QED) is 0.348. The van der Waals surface area contributed by atoms with Gasteiger partial charge in [-0.25, -0.2) is 9.40 Å². The van der Waals surface area contributed by atoms with Gasteiger partial charge in [-0.1, -0.05) is 48.0 Å². The Bertz CT molecular complexity index is 1360. The molecule has 0 aliphatic carbocycles. The van der Waals surface area contributed by atoms with E-state index in [2.05, 4.69) is 5.10 Å². The molecule has 0 fully saturated rings. The minimum atomic E-state index is -4.54. The summed E-state index contributed by atoms with van der Waals surface area (Å²) in [4.78, 5) is 28.0. The Morgan fingerprint density at radius 1 is 1.03 bits per heavy atom. The van der Waals surface area contributed by atoms with Crippen LogP contribution in [0.3, 0.4) is 0 Å². The molecule has 39 heavy (non-hydrogen) atoms. The standard InChI is InChI=1S/C29H27F4N3O3/c1-19-7-9-20(10-8-19)26-17-25(23-5-3-4-6-24(23)30)34-36(26)27(37)18-35(15-16-39-2)28(38)21-11-13-22(14-12-21)29(31,32)33/h3-14,26H,15-18H2,1-2H3/t26-/m1/s1. The molecule has 0 N–H and O–H groups in total. The highest BCUT2D eigenvalue weighted by molar-refractivity contribution is 6.04. The van der Waals surface area contributed by atoms with Gasteiger partial charge in [-0.05, 0) is 42.8 Å². The molecule has 1 heterocycles. The van der Waals surface area contributed by atoms with Gasteiger partial charge >= 0.3 is 6.18 Å². The van der Waals surface area contributed by atoms with E-state index in [0.29, 0.717) is 5.71 Å². The topological polar surface area (TPSA) is 62.2 Å². The summed E-state index contributed by atoms with van der Waals surface area (Å²) >= 11 is 0. The van der Waals surface area contributed by atoms with Crippen molar-refractivity contribution in [3.05, 3.63) is 106 Å². The maximum Gasteiger partial charge on any atom is 0.416 e. The lowest BCUT2D eigenvalue weighted by Crippen LogP contribution is -2.42. The van der Waals surface area contributed by atoms with E-state index in [9.17, 15) is 27.2 Å². The molecule has 3 aromatic carbocycles. The van der Waals surface area contributed by atoms with E-state index in [-0.39, 0.29) is 30.7 Å². The third-order valence-electron chi connectivity index (χ3n) is 6.45. The third-order valence-corrected chi connectivity index (χ3v) is 6.45. The molecule has 204 valence electrons. The number of alkyl halides is 3. The molecule has 4 rings (SSSR count). The first-order valence-corrected chi connectivity index (χ1v) is 12.2. The number of amides is 2. The molecule has 0 aromatic heterocycles. The van der Waals surface area contributed by atoms with Gasteiger partial charge in [-0.15, -0.1) is 0 Å². The number of hydrogen-bond acceptors (Lipinski definition) is 4. The van der Waals surface area contributed by atoms with Crippen molar-refractivity contribution < 1.29 is 31.9 Å². The fraction of sp³-hybridized carbons (Fsp3) is 0.276. The van der Waals surface area contributed by atoms with Crippen LogP contribution < -0.4 is 0 Å². The summed E-state index contributed by atoms with van der Waals surface area (Å²) in [6.07, 6.45) is -4.28. The van der Waals surface area contributed by atoms with Crippen LogP contribution >= 0.6 is 0 Å². The van der Waals surface area contributed by atoms with E-state index in [1.54, 1.807) is 18.2 Å². The summed E-state index contributed by atoms with van der Waals surface area (Å²) in [5, 5.41) is 5.73. The molecule has 0 bridgehead atoms. The Hall–Kier alpha value is -4.05. The second-order valence-corrected chi connectivity index (χ2v) is 9.19. The van der Waals surface area contributed by atoms with Crippen LogP contribution in [0.4, 0.5) is 17.6 Å². The molecular formula is C29H27F4N3O3. The normalized spacial score (nSPS) is 15.3. The second kappa shape index (κ2) is 11.8. The van der Waals surface area contributed by atoms with Gasteiger partial charge in [0, 0.05) is 31.2 Å². The number of nitrogens with zero attached hydrogens (tertiary/aromatic N) is 3. The first kappa shape index (κ1) is 28.0. The number of carbonyl (C=O) groups is 2. The van der Waals surface area contributed by atoms with E-state index in [1.807, 2.05) is 31.2 Å². The SMILES string of the molecule is COCCN(CC(=O)N1N=C(c2ccccc2F)C[C@@H]1c1ccc(C)cc1)C(=O)c1ccc(C(F)(F)F)cc1. The predicted molar refractivity (Wildman–Crippen MR) is 138 cm³/mol. The monoisotopic (exact) mass is 541 g/mol. The summed E-state index contributed by atoms with van der Waals surface area (Å²) in [6, 6.07) is 17.0. The molecule has 1 aliphatic rings. The summed E-state index contributed by atoms with van der Waals surface area (Å²) in [5.74, 6) is -1.62. The Morgan fingerprint density at radius 3 is 2.31 bits per heavy atom. The summed E-state index contributed by atoms with van der Waals surface area (Å²) < 4.78 is 58.6. The minimum Gasteiger partial charge on any atom is -0.383 e. The molecule has 2 amide bonds. The van der Waals surface area contributed by atoms with Crippen molar-refractivity contribution in [3.63, 3.8) is 0 Å². The first-order valence-electron chi connectivity index (χ1n) is 12.2. The molecule has 10 heteroatoms. The van der Waals surface area contributed by atoms with Gasteiger partial charge in [0.1, 0.15) is 12.4 Å². The highest BCUT2D eigenvalue weighted by Crippen LogP contribution is 2.34. The Labute approximate surface area is 223 Å². The number of ether oxygens (including phenoxy) is 1. The lowest BCUT2D eigenvalue weighted by atomic mass is 9.97. The molecule has 0 radical (unpaired) electrons.